The molecule has 1 N–H and O–H groups in total. The van der Waals surface area contributed by atoms with Crippen LogP contribution >= 0.6 is 23.2 Å². The third-order valence-electron chi connectivity index (χ3n) is 6.33. The Morgan fingerprint density at radius 3 is 2.33 bits per heavy atom. The van der Waals surface area contributed by atoms with Gasteiger partial charge in [0.25, 0.3) is 0 Å². The van der Waals surface area contributed by atoms with Crippen molar-refractivity contribution >= 4 is 45.2 Å². The van der Waals surface area contributed by atoms with Crippen LogP contribution in [0.1, 0.15) is 40.4 Å². The molecular formula is C28H26Cl2F2N2O8S. The summed E-state index contributed by atoms with van der Waals surface area (Å²) in [5, 5.41) is 0.401. The maximum Gasteiger partial charge on any atom is 0.387 e. The van der Waals surface area contributed by atoms with E-state index in [-0.39, 0.29) is 38.4 Å². The Balaban J connectivity index is 1.52. The van der Waals surface area contributed by atoms with Crippen molar-refractivity contribution in [2.24, 2.45) is 5.92 Å². The van der Waals surface area contributed by atoms with Gasteiger partial charge in [-0.15, -0.1) is 0 Å². The van der Waals surface area contributed by atoms with Gasteiger partial charge in [-0.25, -0.2) is 22.7 Å². The van der Waals surface area contributed by atoms with Crippen LogP contribution in [0, 0.1) is 5.92 Å². The molecule has 0 radical (unpaired) electrons. The van der Waals surface area contributed by atoms with E-state index in [4.69, 9.17) is 37.4 Å². The van der Waals surface area contributed by atoms with Crippen LogP contribution in [0.2, 0.25) is 10.0 Å². The Kier molecular flexibility index (Phi) is 10.8. The third kappa shape index (κ3) is 8.99. The fourth-order valence-electron chi connectivity index (χ4n) is 3.86. The van der Waals surface area contributed by atoms with E-state index < -0.39 is 41.3 Å². The van der Waals surface area contributed by atoms with Gasteiger partial charge in [-0.3, -0.25) is 4.98 Å². The molecule has 1 saturated carbocycles. The van der Waals surface area contributed by atoms with Gasteiger partial charge in [0.05, 0.1) is 27.1 Å². The molecule has 1 fully saturated rings. The molecule has 1 aliphatic carbocycles. The first-order chi connectivity index (χ1) is 20.5. The summed E-state index contributed by atoms with van der Waals surface area (Å²) in [5.74, 6) is -1.68. The van der Waals surface area contributed by atoms with Crippen LogP contribution in [0.15, 0.2) is 59.8 Å². The highest BCUT2D eigenvalue weighted by atomic mass is 35.5. The molecule has 43 heavy (non-hydrogen) atoms. The number of esters is 2. The molecule has 1 aliphatic rings. The van der Waals surface area contributed by atoms with Gasteiger partial charge in [-0.05, 0) is 73.3 Å². The van der Waals surface area contributed by atoms with Gasteiger partial charge < -0.3 is 18.9 Å². The van der Waals surface area contributed by atoms with E-state index in [1.165, 1.54) is 61.9 Å². The van der Waals surface area contributed by atoms with E-state index in [0.29, 0.717) is 23.7 Å². The van der Waals surface area contributed by atoms with E-state index in [9.17, 15) is 26.8 Å². The number of nitrogens with one attached hydrogen (secondary N) is 1. The normalized spacial score (nSPS) is 13.8. The summed E-state index contributed by atoms with van der Waals surface area (Å²) in [6.07, 6.45) is 3.53. The number of sulfonamides is 1. The number of halogens is 4. The number of nitrogens with zero attached hydrogens (tertiary/aromatic N) is 1. The number of rotatable bonds is 14. The Hall–Kier alpha value is -3.52. The molecule has 0 saturated heterocycles. The quantitative estimate of drug-likeness (QED) is 0.227. The van der Waals surface area contributed by atoms with Gasteiger partial charge in [0.15, 0.2) is 18.1 Å². The maximum atomic E-state index is 13.0. The number of ether oxygens (including phenoxy) is 4. The lowest BCUT2D eigenvalue weighted by Gasteiger charge is -2.21. The number of hydrogen-bond acceptors (Lipinski definition) is 9. The molecule has 1 heterocycles. The Bertz CT molecular complexity index is 1550. The zero-order valence-corrected chi connectivity index (χ0v) is 24.9. The van der Waals surface area contributed by atoms with Gasteiger partial charge in [0.2, 0.25) is 10.0 Å². The van der Waals surface area contributed by atoms with E-state index in [2.05, 4.69) is 14.4 Å². The molecule has 1 aromatic heterocycles. The van der Waals surface area contributed by atoms with Gasteiger partial charge in [-0.1, -0.05) is 29.3 Å². The number of pyridine rings is 1. The van der Waals surface area contributed by atoms with Crippen molar-refractivity contribution in [3.63, 3.8) is 0 Å². The van der Waals surface area contributed by atoms with Crippen molar-refractivity contribution in [1.29, 1.82) is 0 Å². The molecule has 10 nitrogen and oxygen atoms in total. The maximum absolute atomic E-state index is 13.0. The molecule has 1 unspecified atom stereocenters. The van der Waals surface area contributed by atoms with Crippen LogP contribution in [-0.2, 0) is 30.7 Å². The molecule has 2 aromatic carbocycles. The Morgan fingerprint density at radius 2 is 1.72 bits per heavy atom. The van der Waals surface area contributed by atoms with Crippen LogP contribution in [0.25, 0.3) is 0 Å². The highest BCUT2D eigenvalue weighted by Gasteiger charge is 2.26. The van der Waals surface area contributed by atoms with Crippen LogP contribution in [0.4, 0.5) is 8.78 Å². The zero-order chi connectivity index (χ0) is 31.1. The summed E-state index contributed by atoms with van der Waals surface area (Å²) in [7, 11) is -2.46. The van der Waals surface area contributed by atoms with Crippen molar-refractivity contribution < 1.29 is 45.7 Å². The van der Waals surface area contributed by atoms with Gasteiger partial charge in [0.1, 0.15) is 6.10 Å². The predicted molar refractivity (Wildman–Crippen MR) is 151 cm³/mol. The third-order valence-corrected chi connectivity index (χ3v) is 8.41. The van der Waals surface area contributed by atoms with Crippen LogP contribution in [-0.4, -0.2) is 52.2 Å². The number of benzene rings is 2. The smallest absolute Gasteiger partial charge is 0.387 e. The first-order valence-corrected chi connectivity index (χ1v) is 15.1. The largest absolute Gasteiger partial charge is 0.489 e. The minimum atomic E-state index is -3.71. The van der Waals surface area contributed by atoms with Crippen molar-refractivity contribution in [2.45, 2.75) is 36.9 Å². The van der Waals surface area contributed by atoms with Crippen LogP contribution in [0.5, 0.6) is 11.5 Å². The molecule has 0 amide bonds. The minimum Gasteiger partial charge on any atom is -0.489 e. The minimum absolute atomic E-state index is 0.00169. The average Bonchev–Trinajstić information content (AvgIpc) is 3.81. The fraction of sp³-hybridized carbons (Fsp3) is 0.321. The van der Waals surface area contributed by atoms with Crippen molar-refractivity contribution in [3.05, 3.63) is 81.6 Å². The van der Waals surface area contributed by atoms with Gasteiger partial charge in [0, 0.05) is 18.8 Å². The van der Waals surface area contributed by atoms with Gasteiger partial charge >= 0.3 is 18.6 Å². The zero-order valence-electron chi connectivity index (χ0n) is 22.6. The second kappa shape index (κ2) is 14.3. The molecular weight excluding hydrogens is 633 g/mol. The first kappa shape index (κ1) is 32.4. The molecule has 230 valence electrons. The highest BCUT2D eigenvalue weighted by Crippen LogP contribution is 2.37. The van der Waals surface area contributed by atoms with E-state index in [0.717, 1.165) is 12.8 Å². The number of alkyl halides is 2. The van der Waals surface area contributed by atoms with E-state index >= 15 is 0 Å². The SMILES string of the molecule is CNS(=O)(=O)c1ccc(C(=O)OCC(=O)OC(Cc2c(Cl)cncc2Cl)c2ccc(OC(F)F)c(OCC3CC3)c2)cc1. The number of hydrogen-bond donors (Lipinski definition) is 1. The van der Waals surface area contributed by atoms with Crippen molar-refractivity contribution in [1.82, 2.24) is 9.71 Å². The standard InChI is InChI=1S/C28H26Cl2F2N2O8S/c1-33-43(37,38)19-7-4-17(5-8-19)27(36)40-15-26(35)41-24(11-20-21(29)12-34-13-22(20)30)18-6-9-23(42-28(31)32)25(10-18)39-14-16-2-3-16/h4-10,12-13,16,24,28,33H,2-3,11,14-15H2,1H3. The molecule has 15 heteroatoms. The lowest BCUT2D eigenvalue weighted by atomic mass is 10.0. The van der Waals surface area contributed by atoms with E-state index in [1.807, 2.05) is 0 Å². The predicted octanol–water partition coefficient (Wildman–Crippen LogP) is 5.37. The molecule has 1 atom stereocenters. The summed E-state index contributed by atoms with van der Waals surface area (Å²) in [5.41, 5.74) is 0.747. The first-order valence-electron chi connectivity index (χ1n) is 12.9. The highest BCUT2D eigenvalue weighted by molar-refractivity contribution is 7.89. The second-order valence-electron chi connectivity index (χ2n) is 9.41. The summed E-state index contributed by atoms with van der Waals surface area (Å²) >= 11 is 12.6. The van der Waals surface area contributed by atoms with Crippen molar-refractivity contribution in [3.8, 4) is 11.5 Å². The Labute approximate surface area is 256 Å². The number of carbonyl (C=O) groups is 2. The van der Waals surface area contributed by atoms with Gasteiger partial charge in [-0.2, -0.15) is 8.78 Å². The molecule has 3 aromatic rings. The monoisotopic (exact) mass is 658 g/mol. The summed E-state index contributed by atoms with van der Waals surface area (Å²) in [4.78, 5) is 29.2. The number of carbonyl (C=O) groups excluding carboxylic acids is 2. The fourth-order valence-corrected chi connectivity index (χ4v) is 5.11. The topological polar surface area (TPSA) is 130 Å². The van der Waals surface area contributed by atoms with Crippen molar-refractivity contribution in [2.75, 3.05) is 20.3 Å². The van der Waals surface area contributed by atoms with Crippen LogP contribution in [0.3, 0.4) is 0 Å². The summed E-state index contributed by atoms with van der Waals surface area (Å²) in [6.45, 7) is -3.58. The molecule has 0 spiro atoms. The molecule has 0 bridgehead atoms. The summed E-state index contributed by atoms with van der Waals surface area (Å²) < 4.78 is 73.0. The van der Waals surface area contributed by atoms with Crippen LogP contribution < -0.4 is 14.2 Å². The van der Waals surface area contributed by atoms with E-state index in [1.54, 1.807) is 0 Å². The molecule has 0 aliphatic heterocycles. The lowest BCUT2D eigenvalue weighted by Crippen LogP contribution is -2.21. The average molecular weight is 659 g/mol. The lowest BCUT2D eigenvalue weighted by molar-refractivity contribution is -0.153. The number of aromatic nitrogens is 1. The Morgan fingerprint density at radius 1 is 1.05 bits per heavy atom. The molecule has 4 rings (SSSR count). The second-order valence-corrected chi connectivity index (χ2v) is 12.1. The summed E-state index contributed by atoms with van der Waals surface area (Å²) in [6, 6.07) is 9.02.